The molecule has 156 valence electrons. The molecule has 4 aliphatic carbocycles. The number of piperidine rings is 1. The fraction of sp³-hybridized carbons (Fsp3) is 0.652. The molecule has 0 spiro atoms. The zero-order valence-corrected chi connectivity index (χ0v) is 17.6. The topological polar surface area (TPSA) is 61.4 Å². The lowest BCUT2D eigenvalue weighted by Crippen LogP contribution is -2.62. The normalized spacial score (nSPS) is 33.6. The van der Waals surface area contributed by atoms with E-state index in [9.17, 15) is 9.59 Å². The van der Waals surface area contributed by atoms with Crippen molar-refractivity contribution < 1.29 is 9.59 Å². The second-order valence-electron chi connectivity index (χ2n) is 9.87. The van der Waals surface area contributed by atoms with E-state index in [2.05, 4.69) is 10.6 Å². The zero-order chi connectivity index (χ0) is 20.0. The van der Waals surface area contributed by atoms with Gasteiger partial charge in [0.2, 0.25) is 0 Å². The minimum Gasteiger partial charge on any atom is -0.338 e. The van der Waals surface area contributed by atoms with Gasteiger partial charge < -0.3 is 15.5 Å². The number of nitrogens with zero attached hydrogens (tertiary/aromatic N) is 1. The first-order valence-electron chi connectivity index (χ1n) is 11.1. The Kier molecular flexibility index (Phi) is 4.97. The predicted molar refractivity (Wildman–Crippen MR) is 113 cm³/mol. The van der Waals surface area contributed by atoms with Crippen molar-refractivity contribution >= 4 is 23.5 Å². The van der Waals surface area contributed by atoms with Crippen molar-refractivity contribution in [2.24, 2.45) is 17.8 Å². The maximum Gasteiger partial charge on any atom is 0.315 e. The number of hydrogen-bond donors (Lipinski definition) is 2. The minimum absolute atomic E-state index is 0.00516. The third kappa shape index (κ3) is 3.98. The summed E-state index contributed by atoms with van der Waals surface area (Å²) in [5, 5.41) is 7.22. The summed E-state index contributed by atoms with van der Waals surface area (Å²) in [5.74, 6) is 2.51. The standard InChI is InChI=1S/C23H30ClN3O2/c24-19-3-1-18(2-4-19)21(28)27-7-5-20(6-8-27)25-22(29)26-23-12-15-9-16(13-23)11-17(10-15)14-23/h1-4,15-17,20H,5-14H2,(H2,25,26,29). The van der Waals surface area contributed by atoms with Gasteiger partial charge >= 0.3 is 6.03 Å². The lowest BCUT2D eigenvalue weighted by molar-refractivity contribution is -0.0137. The molecule has 4 saturated carbocycles. The quantitative estimate of drug-likeness (QED) is 0.776. The highest BCUT2D eigenvalue weighted by molar-refractivity contribution is 6.30. The molecular formula is C23H30ClN3O2. The largest absolute Gasteiger partial charge is 0.338 e. The maximum absolute atomic E-state index is 12.7. The molecule has 6 heteroatoms. The first-order chi connectivity index (χ1) is 14.0. The van der Waals surface area contributed by atoms with E-state index in [0.717, 1.165) is 30.6 Å². The summed E-state index contributed by atoms with van der Waals surface area (Å²) in [4.78, 5) is 27.3. The Morgan fingerprint density at radius 2 is 1.48 bits per heavy atom. The van der Waals surface area contributed by atoms with Crippen LogP contribution < -0.4 is 10.6 Å². The van der Waals surface area contributed by atoms with Gasteiger partial charge in [-0.3, -0.25) is 4.79 Å². The molecule has 5 nitrogen and oxygen atoms in total. The molecule has 4 bridgehead atoms. The van der Waals surface area contributed by atoms with Gasteiger partial charge in [-0.2, -0.15) is 0 Å². The van der Waals surface area contributed by atoms with Crippen molar-refractivity contribution in [1.82, 2.24) is 15.5 Å². The van der Waals surface area contributed by atoms with Crippen LogP contribution in [0.1, 0.15) is 61.7 Å². The molecule has 3 amide bonds. The van der Waals surface area contributed by atoms with Gasteiger partial charge in [0.05, 0.1) is 0 Å². The van der Waals surface area contributed by atoms with E-state index in [4.69, 9.17) is 11.6 Å². The highest BCUT2D eigenvalue weighted by Crippen LogP contribution is 2.55. The SMILES string of the molecule is O=C(NC1CCN(C(=O)c2ccc(Cl)cc2)CC1)NC12CC3CC(CC(C3)C1)C2. The number of urea groups is 1. The van der Waals surface area contributed by atoms with Crippen molar-refractivity contribution in [3.63, 3.8) is 0 Å². The van der Waals surface area contributed by atoms with Crippen LogP contribution in [0, 0.1) is 17.8 Å². The van der Waals surface area contributed by atoms with E-state index < -0.39 is 0 Å². The highest BCUT2D eigenvalue weighted by Gasteiger charge is 2.51. The summed E-state index contributed by atoms with van der Waals surface area (Å²) in [6, 6.07) is 7.17. The third-order valence-corrected chi connectivity index (χ3v) is 7.88. The predicted octanol–water partition coefficient (Wildman–Crippen LogP) is 4.21. The average Bonchev–Trinajstić information content (AvgIpc) is 2.67. The van der Waals surface area contributed by atoms with Crippen molar-refractivity contribution in [1.29, 1.82) is 0 Å². The third-order valence-electron chi connectivity index (χ3n) is 7.63. The summed E-state index contributed by atoms with van der Waals surface area (Å²) >= 11 is 5.91. The molecule has 1 aliphatic heterocycles. The van der Waals surface area contributed by atoms with E-state index >= 15 is 0 Å². The fourth-order valence-electron chi connectivity index (χ4n) is 6.73. The fourth-order valence-corrected chi connectivity index (χ4v) is 6.85. The Labute approximate surface area is 177 Å². The Balaban J connectivity index is 1.12. The summed E-state index contributed by atoms with van der Waals surface area (Å²) in [6.07, 6.45) is 9.23. The van der Waals surface area contributed by atoms with Gasteiger partial charge in [0.15, 0.2) is 0 Å². The lowest BCUT2D eigenvalue weighted by atomic mass is 9.53. The van der Waals surface area contributed by atoms with Gasteiger partial charge in [-0.25, -0.2) is 4.79 Å². The molecule has 0 unspecified atom stereocenters. The number of benzene rings is 1. The Morgan fingerprint density at radius 1 is 0.931 bits per heavy atom. The monoisotopic (exact) mass is 415 g/mol. The minimum atomic E-state index is -0.00516. The Bertz CT molecular complexity index is 751. The number of rotatable bonds is 3. The molecule has 0 atom stereocenters. The Hall–Kier alpha value is -1.75. The number of likely N-dealkylation sites (tertiary alicyclic amines) is 1. The van der Waals surface area contributed by atoms with Crippen LogP contribution in [-0.2, 0) is 0 Å². The first-order valence-corrected chi connectivity index (χ1v) is 11.5. The molecule has 29 heavy (non-hydrogen) atoms. The smallest absolute Gasteiger partial charge is 0.315 e. The molecule has 5 fully saturated rings. The average molecular weight is 416 g/mol. The number of nitrogens with one attached hydrogen (secondary N) is 2. The zero-order valence-electron chi connectivity index (χ0n) is 16.8. The van der Waals surface area contributed by atoms with Crippen LogP contribution in [0.15, 0.2) is 24.3 Å². The van der Waals surface area contributed by atoms with E-state index in [1.165, 1.54) is 38.5 Å². The summed E-state index contributed by atoms with van der Waals surface area (Å²) < 4.78 is 0. The van der Waals surface area contributed by atoms with E-state index in [1.54, 1.807) is 24.3 Å². The van der Waals surface area contributed by atoms with E-state index in [0.29, 0.717) is 23.7 Å². The molecule has 0 aromatic heterocycles. The van der Waals surface area contributed by atoms with Crippen LogP contribution in [0.3, 0.4) is 0 Å². The van der Waals surface area contributed by atoms with Crippen LogP contribution in [0.5, 0.6) is 0 Å². The summed E-state index contributed by atoms with van der Waals surface area (Å²) in [5.41, 5.74) is 0.713. The Morgan fingerprint density at radius 3 is 2.03 bits per heavy atom. The van der Waals surface area contributed by atoms with Crippen molar-refractivity contribution in [3.8, 4) is 0 Å². The van der Waals surface area contributed by atoms with Gasteiger partial charge in [-0.1, -0.05) is 11.6 Å². The van der Waals surface area contributed by atoms with Crippen LogP contribution in [0.2, 0.25) is 5.02 Å². The number of carbonyl (C=O) groups excluding carboxylic acids is 2. The van der Waals surface area contributed by atoms with Crippen LogP contribution in [-0.4, -0.2) is 41.5 Å². The molecular weight excluding hydrogens is 386 g/mol. The van der Waals surface area contributed by atoms with Crippen LogP contribution in [0.4, 0.5) is 4.79 Å². The molecule has 1 aromatic rings. The lowest BCUT2D eigenvalue weighted by Gasteiger charge is -2.56. The molecule has 0 radical (unpaired) electrons. The van der Waals surface area contributed by atoms with Gasteiger partial charge in [-0.05, 0) is 93.4 Å². The van der Waals surface area contributed by atoms with E-state index in [1.807, 2.05) is 4.90 Å². The maximum atomic E-state index is 12.7. The summed E-state index contributed by atoms with van der Waals surface area (Å²) in [6.45, 7) is 1.34. The number of halogens is 1. The second-order valence-corrected chi connectivity index (χ2v) is 10.3. The molecule has 2 N–H and O–H groups in total. The van der Waals surface area contributed by atoms with Gasteiger partial charge in [0.25, 0.3) is 5.91 Å². The van der Waals surface area contributed by atoms with Crippen molar-refractivity contribution in [2.75, 3.05) is 13.1 Å². The van der Waals surface area contributed by atoms with E-state index in [-0.39, 0.29) is 23.5 Å². The van der Waals surface area contributed by atoms with Crippen LogP contribution >= 0.6 is 11.6 Å². The highest BCUT2D eigenvalue weighted by atomic mass is 35.5. The second kappa shape index (κ2) is 7.50. The number of amides is 3. The molecule has 5 aliphatic rings. The van der Waals surface area contributed by atoms with Crippen molar-refractivity contribution in [3.05, 3.63) is 34.9 Å². The first kappa shape index (κ1) is 19.2. The van der Waals surface area contributed by atoms with Crippen LogP contribution in [0.25, 0.3) is 0 Å². The summed E-state index contributed by atoms with van der Waals surface area (Å²) in [7, 11) is 0. The van der Waals surface area contributed by atoms with Gasteiger partial charge in [0.1, 0.15) is 0 Å². The molecule has 1 saturated heterocycles. The van der Waals surface area contributed by atoms with Gasteiger partial charge in [-0.15, -0.1) is 0 Å². The molecule has 6 rings (SSSR count). The van der Waals surface area contributed by atoms with Gasteiger partial charge in [0, 0.05) is 35.3 Å². The molecule has 1 aromatic carbocycles. The molecule has 1 heterocycles. The number of carbonyl (C=O) groups is 2. The van der Waals surface area contributed by atoms with Crippen molar-refractivity contribution in [2.45, 2.75) is 62.9 Å². The number of hydrogen-bond acceptors (Lipinski definition) is 2.